The van der Waals surface area contributed by atoms with Crippen LogP contribution in [0.25, 0.3) is 10.8 Å². The van der Waals surface area contributed by atoms with Crippen LogP contribution in [0.5, 0.6) is 0 Å². The number of aryl methyl sites for hydroxylation is 1. The summed E-state index contributed by atoms with van der Waals surface area (Å²) in [5.74, 6) is 0.871. The third-order valence-electron chi connectivity index (χ3n) is 3.53. The zero-order valence-corrected chi connectivity index (χ0v) is 11.4. The highest BCUT2D eigenvalue weighted by atomic mass is 32.1. The molecule has 0 radical (unpaired) electrons. The van der Waals surface area contributed by atoms with Gasteiger partial charge >= 0.3 is 0 Å². The number of aromatic nitrogens is 1. The van der Waals surface area contributed by atoms with Gasteiger partial charge in [0.1, 0.15) is 0 Å². The average Bonchev–Trinajstić information content (AvgIpc) is 3.09. The summed E-state index contributed by atoms with van der Waals surface area (Å²) < 4.78 is 5.39. The largest absolute Gasteiger partial charge is 0.462 e. The molecule has 0 spiro atoms. The van der Waals surface area contributed by atoms with Gasteiger partial charge in [-0.05, 0) is 31.9 Å². The van der Waals surface area contributed by atoms with Gasteiger partial charge in [-0.1, -0.05) is 12.8 Å². The number of hydrogen-bond acceptors (Lipinski definition) is 4. The topological polar surface area (TPSA) is 38.1 Å². The first-order valence-corrected chi connectivity index (χ1v) is 7.38. The molecule has 0 saturated heterocycles. The van der Waals surface area contributed by atoms with Crippen LogP contribution in [0.3, 0.4) is 0 Å². The molecule has 0 aliphatic heterocycles. The molecule has 1 fully saturated rings. The predicted octanol–water partition coefficient (Wildman–Crippen LogP) is 3.74. The van der Waals surface area contributed by atoms with Gasteiger partial charge in [0.2, 0.25) is 0 Å². The highest BCUT2D eigenvalue weighted by Crippen LogP contribution is 2.28. The summed E-state index contributed by atoms with van der Waals surface area (Å²) in [5, 5.41) is 4.62. The maximum atomic E-state index is 5.39. The molecule has 4 heteroatoms. The van der Waals surface area contributed by atoms with Crippen molar-refractivity contribution in [3.05, 3.63) is 29.0 Å². The van der Waals surface area contributed by atoms with Crippen molar-refractivity contribution in [2.45, 2.75) is 45.2 Å². The minimum absolute atomic E-state index is 0.707. The van der Waals surface area contributed by atoms with Crippen LogP contribution in [-0.2, 0) is 6.54 Å². The fraction of sp³-hybridized carbons (Fsp3) is 0.500. The quantitative estimate of drug-likeness (QED) is 0.912. The molecule has 3 nitrogen and oxygen atoms in total. The first-order chi connectivity index (χ1) is 8.83. The van der Waals surface area contributed by atoms with Gasteiger partial charge in [0.05, 0.1) is 12.0 Å². The molecule has 96 valence electrons. The number of hydrogen-bond donors (Lipinski definition) is 1. The molecule has 2 aromatic heterocycles. The van der Waals surface area contributed by atoms with Crippen molar-refractivity contribution in [2.75, 3.05) is 0 Å². The molecule has 2 heterocycles. The Morgan fingerprint density at radius 1 is 1.44 bits per heavy atom. The molecular weight excluding hydrogens is 244 g/mol. The van der Waals surface area contributed by atoms with Gasteiger partial charge in [-0.2, -0.15) is 0 Å². The lowest BCUT2D eigenvalue weighted by Crippen LogP contribution is -2.25. The minimum atomic E-state index is 0.707. The van der Waals surface area contributed by atoms with E-state index >= 15 is 0 Å². The molecule has 1 aliphatic rings. The third kappa shape index (κ3) is 2.49. The van der Waals surface area contributed by atoms with Crippen molar-refractivity contribution in [3.63, 3.8) is 0 Å². The number of nitrogens with one attached hydrogen (secondary N) is 1. The Hall–Kier alpha value is -1.13. The number of furan rings is 1. The first kappa shape index (κ1) is 11.9. The van der Waals surface area contributed by atoms with Crippen LogP contribution in [0.1, 0.15) is 36.3 Å². The summed E-state index contributed by atoms with van der Waals surface area (Å²) >= 11 is 1.73. The Morgan fingerprint density at radius 2 is 2.28 bits per heavy atom. The smallest absolute Gasteiger partial charge is 0.162 e. The lowest BCUT2D eigenvalue weighted by Gasteiger charge is -2.10. The van der Waals surface area contributed by atoms with E-state index in [0.717, 1.165) is 23.0 Å². The summed E-state index contributed by atoms with van der Waals surface area (Å²) in [6.07, 6.45) is 7.09. The van der Waals surface area contributed by atoms with Crippen molar-refractivity contribution >= 4 is 11.3 Å². The van der Waals surface area contributed by atoms with E-state index in [2.05, 4.69) is 17.2 Å². The van der Waals surface area contributed by atoms with Crippen LogP contribution in [0.2, 0.25) is 0 Å². The van der Waals surface area contributed by atoms with Crippen LogP contribution in [0.4, 0.5) is 0 Å². The molecule has 0 atom stereocenters. The predicted molar refractivity (Wildman–Crippen MR) is 73.6 cm³/mol. The monoisotopic (exact) mass is 262 g/mol. The second-order valence-electron chi connectivity index (χ2n) is 4.87. The number of rotatable bonds is 4. The molecule has 1 saturated carbocycles. The van der Waals surface area contributed by atoms with Crippen molar-refractivity contribution in [1.82, 2.24) is 10.3 Å². The Bertz CT molecular complexity index is 498. The molecule has 0 bridgehead atoms. The van der Waals surface area contributed by atoms with Crippen LogP contribution in [0.15, 0.2) is 22.8 Å². The molecule has 0 aromatic carbocycles. The second kappa shape index (κ2) is 5.24. The van der Waals surface area contributed by atoms with Crippen LogP contribution >= 0.6 is 11.3 Å². The van der Waals surface area contributed by atoms with Crippen molar-refractivity contribution in [1.29, 1.82) is 0 Å². The van der Waals surface area contributed by atoms with Crippen LogP contribution in [-0.4, -0.2) is 11.0 Å². The van der Waals surface area contributed by atoms with Crippen molar-refractivity contribution in [2.24, 2.45) is 0 Å². The Balaban J connectivity index is 1.68. The first-order valence-electron chi connectivity index (χ1n) is 6.56. The molecule has 1 aliphatic carbocycles. The highest BCUT2D eigenvalue weighted by molar-refractivity contribution is 7.15. The summed E-state index contributed by atoms with van der Waals surface area (Å²) in [6, 6.07) is 4.58. The van der Waals surface area contributed by atoms with Gasteiger partial charge in [-0.15, -0.1) is 11.3 Å². The van der Waals surface area contributed by atoms with Gasteiger partial charge in [-0.25, -0.2) is 4.98 Å². The zero-order valence-electron chi connectivity index (χ0n) is 10.6. The maximum Gasteiger partial charge on any atom is 0.162 e. The van der Waals surface area contributed by atoms with E-state index in [-0.39, 0.29) is 0 Å². The van der Waals surface area contributed by atoms with E-state index in [1.54, 1.807) is 17.6 Å². The van der Waals surface area contributed by atoms with E-state index in [0.29, 0.717) is 6.04 Å². The zero-order chi connectivity index (χ0) is 12.4. The Labute approximate surface area is 111 Å². The molecule has 3 rings (SSSR count). The number of nitrogens with zero attached hydrogens (tertiary/aromatic N) is 1. The van der Waals surface area contributed by atoms with Gasteiger partial charge in [0.25, 0.3) is 0 Å². The SMILES string of the molecule is Cc1nc(-c2ccco2)sc1CNC1CCCC1. The van der Waals surface area contributed by atoms with Crippen LogP contribution < -0.4 is 5.32 Å². The van der Waals surface area contributed by atoms with E-state index in [1.807, 2.05) is 12.1 Å². The van der Waals surface area contributed by atoms with E-state index in [9.17, 15) is 0 Å². The Kier molecular flexibility index (Phi) is 3.48. The summed E-state index contributed by atoms with van der Waals surface area (Å²) in [5.41, 5.74) is 1.12. The summed E-state index contributed by atoms with van der Waals surface area (Å²) in [6.45, 7) is 3.02. The molecule has 18 heavy (non-hydrogen) atoms. The second-order valence-corrected chi connectivity index (χ2v) is 5.95. The molecule has 0 amide bonds. The Morgan fingerprint density at radius 3 is 3.00 bits per heavy atom. The third-order valence-corrected chi connectivity index (χ3v) is 4.70. The van der Waals surface area contributed by atoms with Gasteiger partial charge in [0, 0.05) is 17.5 Å². The van der Waals surface area contributed by atoms with Gasteiger partial charge in [0.15, 0.2) is 10.8 Å². The van der Waals surface area contributed by atoms with Crippen molar-refractivity contribution < 1.29 is 4.42 Å². The lowest BCUT2D eigenvalue weighted by atomic mass is 10.2. The summed E-state index contributed by atoms with van der Waals surface area (Å²) in [4.78, 5) is 5.91. The maximum absolute atomic E-state index is 5.39. The number of thiazole rings is 1. The van der Waals surface area contributed by atoms with E-state index in [1.165, 1.54) is 30.6 Å². The minimum Gasteiger partial charge on any atom is -0.462 e. The van der Waals surface area contributed by atoms with Crippen LogP contribution in [0, 0.1) is 6.92 Å². The molecule has 1 N–H and O–H groups in total. The lowest BCUT2D eigenvalue weighted by molar-refractivity contribution is 0.526. The standard InChI is InChI=1S/C14H18N2OS/c1-10-13(9-15-11-5-2-3-6-11)18-14(16-10)12-7-4-8-17-12/h4,7-8,11,15H,2-3,5-6,9H2,1H3. The fourth-order valence-electron chi connectivity index (χ4n) is 2.46. The highest BCUT2D eigenvalue weighted by Gasteiger charge is 2.16. The van der Waals surface area contributed by atoms with Crippen molar-refractivity contribution in [3.8, 4) is 10.8 Å². The summed E-state index contributed by atoms with van der Waals surface area (Å²) in [7, 11) is 0. The molecule has 0 unspecified atom stereocenters. The van der Waals surface area contributed by atoms with Gasteiger partial charge in [-0.3, -0.25) is 0 Å². The fourth-order valence-corrected chi connectivity index (χ4v) is 3.45. The molecule has 2 aromatic rings. The van der Waals surface area contributed by atoms with Gasteiger partial charge < -0.3 is 9.73 Å². The van der Waals surface area contributed by atoms with E-state index < -0.39 is 0 Å². The average molecular weight is 262 g/mol. The van der Waals surface area contributed by atoms with E-state index in [4.69, 9.17) is 4.42 Å². The molecular formula is C14H18N2OS. The normalized spacial score (nSPS) is 16.5.